The lowest BCUT2D eigenvalue weighted by molar-refractivity contribution is 0.102. The van der Waals surface area contributed by atoms with Crippen molar-refractivity contribution in [2.24, 2.45) is 7.05 Å². The molecule has 3 rings (SSSR count). The van der Waals surface area contributed by atoms with E-state index < -0.39 is 0 Å². The molecule has 1 amide bonds. The quantitative estimate of drug-likeness (QED) is 0.800. The van der Waals surface area contributed by atoms with Crippen LogP contribution in [-0.2, 0) is 13.5 Å². The summed E-state index contributed by atoms with van der Waals surface area (Å²) >= 11 is 0. The SMILES string of the molecule is CCc1nc2cc(C(=O)Nc3ccccc3C)ccc2n1C. The summed E-state index contributed by atoms with van der Waals surface area (Å²) in [4.78, 5) is 17.0. The number of imidazole rings is 1. The zero-order chi connectivity index (χ0) is 15.7. The van der Waals surface area contributed by atoms with Crippen molar-refractivity contribution in [2.75, 3.05) is 5.32 Å². The van der Waals surface area contributed by atoms with Gasteiger partial charge < -0.3 is 9.88 Å². The second-order valence-corrected chi connectivity index (χ2v) is 5.41. The summed E-state index contributed by atoms with van der Waals surface area (Å²) in [5.74, 6) is 0.909. The van der Waals surface area contributed by atoms with Crippen molar-refractivity contribution >= 4 is 22.6 Å². The number of nitrogens with one attached hydrogen (secondary N) is 1. The number of carbonyl (C=O) groups excluding carboxylic acids is 1. The van der Waals surface area contributed by atoms with Crippen molar-refractivity contribution in [3.8, 4) is 0 Å². The van der Waals surface area contributed by atoms with Crippen molar-refractivity contribution in [1.29, 1.82) is 0 Å². The van der Waals surface area contributed by atoms with Crippen molar-refractivity contribution in [1.82, 2.24) is 9.55 Å². The summed E-state index contributed by atoms with van der Waals surface area (Å²) < 4.78 is 2.07. The Hall–Kier alpha value is -2.62. The van der Waals surface area contributed by atoms with Gasteiger partial charge >= 0.3 is 0 Å². The molecule has 3 aromatic rings. The maximum absolute atomic E-state index is 12.4. The number of carbonyl (C=O) groups is 1. The second kappa shape index (κ2) is 5.64. The van der Waals surface area contributed by atoms with E-state index in [0.717, 1.165) is 34.5 Å². The Labute approximate surface area is 129 Å². The van der Waals surface area contributed by atoms with Crippen LogP contribution in [0, 0.1) is 6.92 Å². The first kappa shape index (κ1) is 14.3. The van der Waals surface area contributed by atoms with Crippen LogP contribution < -0.4 is 5.32 Å². The standard InChI is InChI=1S/C18H19N3O/c1-4-17-19-15-11-13(9-10-16(15)21(17)3)18(22)20-14-8-6-5-7-12(14)2/h5-11H,4H2,1-3H3,(H,20,22). The number of fused-ring (bicyclic) bond motifs is 1. The first-order chi connectivity index (χ1) is 10.6. The van der Waals surface area contributed by atoms with Crippen LogP contribution in [0.4, 0.5) is 5.69 Å². The van der Waals surface area contributed by atoms with Gasteiger partial charge in [0.2, 0.25) is 0 Å². The van der Waals surface area contributed by atoms with Gasteiger partial charge in [0.1, 0.15) is 5.82 Å². The van der Waals surface area contributed by atoms with Crippen LogP contribution in [0.5, 0.6) is 0 Å². The summed E-state index contributed by atoms with van der Waals surface area (Å²) in [6, 6.07) is 13.4. The van der Waals surface area contributed by atoms with Crippen LogP contribution in [-0.4, -0.2) is 15.5 Å². The van der Waals surface area contributed by atoms with Crippen molar-refractivity contribution in [2.45, 2.75) is 20.3 Å². The Morgan fingerprint density at radius 2 is 2.00 bits per heavy atom. The van der Waals surface area contributed by atoms with E-state index in [-0.39, 0.29) is 5.91 Å². The summed E-state index contributed by atoms with van der Waals surface area (Å²) in [7, 11) is 2.00. The average molecular weight is 293 g/mol. The number of nitrogens with zero attached hydrogens (tertiary/aromatic N) is 2. The number of para-hydroxylation sites is 1. The van der Waals surface area contributed by atoms with Crippen LogP contribution in [0.1, 0.15) is 28.7 Å². The molecule has 0 fully saturated rings. The van der Waals surface area contributed by atoms with E-state index in [1.54, 1.807) is 0 Å². The minimum Gasteiger partial charge on any atom is -0.331 e. The molecule has 0 atom stereocenters. The number of hydrogen-bond donors (Lipinski definition) is 1. The van der Waals surface area contributed by atoms with E-state index in [9.17, 15) is 4.79 Å². The van der Waals surface area contributed by atoms with Gasteiger partial charge in [-0.15, -0.1) is 0 Å². The molecule has 0 unspecified atom stereocenters. The van der Waals surface area contributed by atoms with Gasteiger partial charge in [0.25, 0.3) is 5.91 Å². The molecule has 0 saturated heterocycles. The van der Waals surface area contributed by atoms with E-state index in [1.165, 1.54) is 0 Å². The Bertz CT molecular complexity index is 849. The fourth-order valence-electron chi connectivity index (χ4n) is 2.61. The Balaban J connectivity index is 1.93. The topological polar surface area (TPSA) is 46.9 Å². The molecule has 0 radical (unpaired) electrons. The lowest BCUT2D eigenvalue weighted by Gasteiger charge is -2.08. The molecule has 0 aliphatic heterocycles. The molecule has 1 N–H and O–H groups in total. The molecule has 0 aliphatic rings. The predicted octanol–water partition coefficient (Wildman–Crippen LogP) is 3.70. The normalized spacial score (nSPS) is 10.9. The smallest absolute Gasteiger partial charge is 0.255 e. The van der Waals surface area contributed by atoms with Crippen LogP contribution in [0.2, 0.25) is 0 Å². The third-order valence-electron chi connectivity index (χ3n) is 3.95. The first-order valence-electron chi connectivity index (χ1n) is 7.42. The molecular formula is C18H19N3O. The third-order valence-corrected chi connectivity index (χ3v) is 3.95. The van der Waals surface area contributed by atoms with Gasteiger partial charge in [0.05, 0.1) is 11.0 Å². The summed E-state index contributed by atoms with van der Waals surface area (Å²) in [5, 5.41) is 2.95. The van der Waals surface area contributed by atoms with Gasteiger partial charge in [0.15, 0.2) is 0 Å². The van der Waals surface area contributed by atoms with Crippen LogP contribution >= 0.6 is 0 Å². The average Bonchev–Trinajstić information content (AvgIpc) is 2.85. The number of rotatable bonds is 3. The van der Waals surface area contributed by atoms with Crippen LogP contribution in [0.3, 0.4) is 0 Å². The number of aromatic nitrogens is 2. The van der Waals surface area contributed by atoms with Gasteiger partial charge in [-0.1, -0.05) is 25.1 Å². The number of aryl methyl sites for hydroxylation is 3. The highest BCUT2D eigenvalue weighted by Gasteiger charge is 2.11. The van der Waals surface area contributed by atoms with E-state index >= 15 is 0 Å². The van der Waals surface area contributed by atoms with Gasteiger partial charge in [-0.05, 0) is 36.8 Å². The Morgan fingerprint density at radius 1 is 1.23 bits per heavy atom. The minimum absolute atomic E-state index is 0.111. The summed E-state index contributed by atoms with van der Waals surface area (Å²) in [5.41, 5.74) is 4.41. The molecule has 1 aromatic heterocycles. The molecule has 112 valence electrons. The highest BCUT2D eigenvalue weighted by atomic mass is 16.1. The number of anilines is 1. The van der Waals surface area contributed by atoms with Crippen molar-refractivity contribution in [3.63, 3.8) is 0 Å². The molecule has 0 bridgehead atoms. The van der Waals surface area contributed by atoms with E-state index in [2.05, 4.69) is 21.8 Å². The van der Waals surface area contributed by atoms with Gasteiger partial charge in [-0.25, -0.2) is 4.98 Å². The molecular weight excluding hydrogens is 274 g/mol. The fourth-order valence-corrected chi connectivity index (χ4v) is 2.61. The monoisotopic (exact) mass is 293 g/mol. The molecule has 0 saturated carbocycles. The highest BCUT2D eigenvalue weighted by molar-refractivity contribution is 6.06. The van der Waals surface area contributed by atoms with Gasteiger partial charge in [-0.2, -0.15) is 0 Å². The van der Waals surface area contributed by atoms with E-state index in [4.69, 9.17) is 0 Å². The Morgan fingerprint density at radius 3 is 2.73 bits per heavy atom. The molecule has 4 heteroatoms. The molecule has 0 aliphatic carbocycles. The zero-order valence-corrected chi connectivity index (χ0v) is 13.1. The summed E-state index contributed by atoms with van der Waals surface area (Å²) in [6.07, 6.45) is 0.871. The third kappa shape index (κ3) is 2.48. The molecule has 1 heterocycles. The lowest BCUT2D eigenvalue weighted by Crippen LogP contribution is -2.12. The van der Waals surface area contributed by atoms with E-state index in [0.29, 0.717) is 5.56 Å². The largest absolute Gasteiger partial charge is 0.331 e. The zero-order valence-electron chi connectivity index (χ0n) is 13.1. The lowest BCUT2D eigenvalue weighted by atomic mass is 10.1. The minimum atomic E-state index is -0.111. The maximum Gasteiger partial charge on any atom is 0.255 e. The summed E-state index contributed by atoms with van der Waals surface area (Å²) in [6.45, 7) is 4.05. The molecule has 2 aromatic carbocycles. The Kier molecular flexibility index (Phi) is 3.67. The maximum atomic E-state index is 12.4. The van der Waals surface area contributed by atoms with Crippen LogP contribution in [0.25, 0.3) is 11.0 Å². The number of amides is 1. The van der Waals surface area contributed by atoms with Crippen molar-refractivity contribution < 1.29 is 4.79 Å². The van der Waals surface area contributed by atoms with Crippen molar-refractivity contribution in [3.05, 3.63) is 59.4 Å². The molecule has 22 heavy (non-hydrogen) atoms. The van der Waals surface area contributed by atoms with E-state index in [1.807, 2.05) is 56.4 Å². The van der Waals surface area contributed by atoms with Crippen LogP contribution in [0.15, 0.2) is 42.5 Å². The number of hydrogen-bond acceptors (Lipinski definition) is 2. The molecule has 0 spiro atoms. The first-order valence-corrected chi connectivity index (χ1v) is 7.42. The van der Waals surface area contributed by atoms with Gasteiger partial charge in [0, 0.05) is 24.7 Å². The fraction of sp³-hybridized carbons (Fsp3) is 0.222. The predicted molar refractivity (Wildman–Crippen MR) is 89.2 cm³/mol. The number of benzene rings is 2. The molecule has 4 nitrogen and oxygen atoms in total. The van der Waals surface area contributed by atoms with Gasteiger partial charge in [-0.3, -0.25) is 4.79 Å². The second-order valence-electron chi connectivity index (χ2n) is 5.41. The highest BCUT2D eigenvalue weighted by Crippen LogP contribution is 2.19.